The van der Waals surface area contributed by atoms with Gasteiger partial charge in [0.05, 0.1) is 18.1 Å². The molecule has 5 heteroatoms. The van der Waals surface area contributed by atoms with Gasteiger partial charge in [-0.05, 0) is 25.5 Å². The molecule has 102 valence electrons. The maximum Gasteiger partial charge on any atom is 0.203 e. The molecule has 4 nitrogen and oxygen atoms in total. The van der Waals surface area contributed by atoms with Crippen molar-refractivity contribution in [2.24, 2.45) is 0 Å². The number of hydrogen-bond donors (Lipinski definition) is 0. The van der Waals surface area contributed by atoms with Gasteiger partial charge in [0, 0.05) is 17.1 Å². The van der Waals surface area contributed by atoms with Gasteiger partial charge in [0.15, 0.2) is 0 Å². The lowest BCUT2D eigenvalue weighted by molar-refractivity contribution is 0.414. The molecule has 0 saturated heterocycles. The highest BCUT2D eigenvalue weighted by Gasteiger charge is 2.14. The molecule has 0 spiro atoms. The Morgan fingerprint density at radius 1 is 1.30 bits per heavy atom. The molecule has 0 aliphatic carbocycles. The minimum Gasteiger partial charge on any atom is -0.497 e. The molecule has 0 aliphatic heterocycles. The van der Waals surface area contributed by atoms with E-state index in [1.165, 1.54) is 17.6 Å². The normalized spacial score (nSPS) is 10.9. The van der Waals surface area contributed by atoms with Gasteiger partial charge in [-0.2, -0.15) is 0 Å². The number of rotatable bonds is 2. The highest BCUT2D eigenvalue weighted by molar-refractivity contribution is 7.13. The van der Waals surface area contributed by atoms with Crippen LogP contribution in [0, 0.1) is 13.8 Å². The van der Waals surface area contributed by atoms with Crippen molar-refractivity contribution in [1.29, 1.82) is 0 Å². The van der Waals surface area contributed by atoms with Crippen LogP contribution in [0.2, 0.25) is 0 Å². The van der Waals surface area contributed by atoms with E-state index in [1.807, 2.05) is 25.3 Å². The molecule has 1 aromatic carbocycles. The quantitative estimate of drug-likeness (QED) is 0.723. The van der Waals surface area contributed by atoms with Crippen molar-refractivity contribution in [3.8, 4) is 16.3 Å². The fraction of sp³-hybridized carbons (Fsp3) is 0.200. The van der Waals surface area contributed by atoms with Crippen molar-refractivity contribution in [1.82, 2.24) is 4.98 Å². The van der Waals surface area contributed by atoms with Crippen molar-refractivity contribution in [3.05, 3.63) is 45.3 Å². The van der Waals surface area contributed by atoms with Gasteiger partial charge in [0.1, 0.15) is 22.6 Å². The summed E-state index contributed by atoms with van der Waals surface area (Å²) in [6.07, 6.45) is 1.47. The van der Waals surface area contributed by atoms with Gasteiger partial charge in [-0.15, -0.1) is 11.3 Å². The molecule has 2 aromatic heterocycles. The fourth-order valence-electron chi connectivity index (χ4n) is 2.16. The van der Waals surface area contributed by atoms with E-state index in [0.717, 1.165) is 11.3 Å². The van der Waals surface area contributed by atoms with Gasteiger partial charge < -0.3 is 9.15 Å². The summed E-state index contributed by atoms with van der Waals surface area (Å²) in [5.74, 6) is 0.677. The Morgan fingerprint density at radius 3 is 2.75 bits per heavy atom. The van der Waals surface area contributed by atoms with Crippen LogP contribution in [-0.2, 0) is 0 Å². The van der Waals surface area contributed by atoms with Gasteiger partial charge in [-0.1, -0.05) is 0 Å². The minimum absolute atomic E-state index is 0.0549. The Bertz CT molecular complexity index is 848. The van der Waals surface area contributed by atoms with Gasteiger partial charge in [-0.3, -0.25) is 4.79 Å². The zero-order valence-corrected chi connectivity index (χ0v) is 12.2. The zero-order valence-electron chi connectivity index (χ0n) is 11.4. The first-order valence-corrected chi connectivity index (χ1v) is 7.01. The Morgan fingerprint density at radius 2 is 2.10 bits per heavy atom. The van der Waals surface area contributed by atoms with E-state index >= 15 is 0 Å². The molecular weight excluding hydrogens is 274 g/mol. The Kier molecular flexibility index (Phi) is 3.06. The van der Waals surface area contributed by atoms with Gasteiger partial charge in [0.2, 0.25) is 5.43 Å². The minimum atomic E-state index is -0.0549. The second-order valence-corrected chi connectivity index (χ2v) is 5.45. The number of methoxy groups -OCH3 is 1. The van der Waals surface area contributed by atoms with E-state index in [0.29, 0.717) is 27.3 Å². The molecule has 20 heavy (non-hydrogen) atoms. The van der Waals surface area contributed by atoms with Crippen LogP contribution in [0.15, 0.2) is 33.0 Å². The van der Waals surface area contributed by atoms with Crippen LogP contribution in [0.25, 0.3) is 21.5 Å². The molecule has 2 heterocycles. The lowest BCUT2D eigenvalue weighted by Gasteiger charge is -2.06. The molecule has 0 N–H and O–H groups in total. The van der Waals surface area contributed by atoms with Crippen molar-refractivity contribution < 1.29 is 9.15 Å². The van der Waals surface area contributed by atoms with Crippen molar-refractivity contribution in [2.45, 2.75) is 13.8 Å². The monoisotopic (exact) mass is 287 g/mol. The SMILES string of the molecule is COc1cc(C)c2c(=O)c(-c3nc(C)cs3)coc2c1. The van der Waals surface area contributed by atoms with Gasteiger partial charge >= 0.3 is 0 Å². The smallest absolute Gasteiger partial charge is 0.203 e. The predicted octanol–water partition coefficient (Wildman–Crippen LogP) is 3.54. The number of thiazole rings is 1. The topological polar surface area (TPSA) is 52.3 Å². The first-order valence-electron chi connectivity index (χ1n) is 6.13. The zero-order chi connectivity index (χ0) is 14.3. The highest BCUT2D eigenvalue weighted by Crippen LogP contribution is 2.27. The summed E-state index contributed by atoms with van der Waals surface area (Å²) < 4.78 is 10.8. The number of fused-ring (bicyclic) bond motifs is 1. The van der Waals surface area contributed by atoms with Crippen LogP contribution < -0.4 is 10.2 Å². The third-order valence-electron chi connectivity index (χ3n) is 3.13. The molecule has 3 aromatic rings. The fourth-order valence-corrected chi connectivity index (χ4v) is 2.96. The van der Waals surface area contributed by atoms with Crippen LogP contribution >= 0.6 is 11.3 Å². The van der Waals surface area contributed by atoms with Crippen molar-refractivity contribution >= 4 is 22.3 Å². The first-order chi connectivity index (χ1) is 9.60. The van der Waals surface area contributed by atoms with Crippen LogP contribution in [0.5, 0.6) is 5.75 Å². The number of aryl methyl sites for hydroxylation is 2. The van der Waals surface area contributed by atoms with E-state index in [1.54, 1.807) is 13.2 Å². The summed E-state index contributed by atoms with van der Waals surface area (Å²) in [5.41, 5.74) is 2.72. The standard InChI is InChI=1S/C15H13NO3S/c1-8-4-10(18-3)5-12-13(8)14(17)11(6-19-12)15-16-9(2)7-20-15/h4-7H,1-3H3. The largest absolute Gasteiger partial charge is 0.497 e. The first kappa shape index (κ1) is 12.9. The number of ether oxygens (including phenoxy) is 1. The van der Waals surface area contributed by atoms with Crippen LogP contribution in [0.4, 0.5) is 0 Å². The average Bonchev–Trinajstić information content (AvgIpc) is 2.84. The third-order valence-corrected chi connectivity index (χ3v) is 4.13. The molecule has 0 atom stereocenters. The third kappa shape index (κ3) is 2.00. The predicted molar refractivity (Wildman–Crippen MR) is 79.6 cm³/mol. The van der Waals surface area contributed by atoms with E-state index in [9.17, 15) is 4.79 Å². The summed E-state index contributed by atoms with van der Waals surface area (Å²) in [6, 6.07) is 3.55. The number of nitrogens with zero attached hydrogens (tertiary/aromatic N) is 1. The molecule has 0 radical (unpaired) electrons. The summed E-state index contributed by atoms with van der Waals surface area (Å²) in [7, 11) is 1.59. The second kappa shape index (κ2) is 4.76. The van der Waals surface area contributed by atoms with E-state index in [2.05, 4.69) is 4.98 Å². The Balaban J connectivity index is 2.31. The summed E-state index contributed by atoms with van der Waals surface area (Å²) in [5, 5.41) is 3.18. The number of benzene rings is 1. The molecule has 0 bridgehead atoms. The Labute approximate surface area is 119 Å². The van der Waals surface area contributed by atoms with Crippen LogP contribution in [0.1, 0.15) is 11.3 Å². The van der Waals surface area contributed by atoms with Gasteiger partial charge in [-0.25, -0.2) is 4.98 Å². The van der Waals surface area contributed by atoms with Crippen molar-refractivity contribution in [3.63, 3.8) is 0 Å². The molecular formula is C15H13NO3S. The number of aromatic nitrogens is 1. The van der Waals surface area contributed by atoms with Gasteiger partial charge in [0.25, 0.3) is 0 Å². The molecule has 0 unspecified atom stereocenters. The summed E-state index contributed by atoms with van der Waals surface area (Å²) >= 11 is 1.44. The maximum absolute atomic E-state index is 12.6. The Hall–Kier alpha value is -2.14. The summed E-state index contributed by atoms with van der Waals surface area (Å²) in [6.45, 7) is 3.78. The van der Waals surface area contributed by atoms with E-state index in [4.69, 9.17) is 9.15 Å². The van der Waals surface area contributed by atoms with E-state index < -0.39 is 0 Å². The van der Waals surface area contributed by atoms with E-state index in [-0.39, 0.29) is 5.43 Å². The highest BCUT2D eigenvalue weighted by atomic mass is 32.1. The lowest BCUT2D eigenvalue weighted by atomic mass is 10.1. The average molecular weight is 287 g/mol. The number of hydrogen-bond acceptors (Lipinski definition) is 5. The maximum atomic E-state index is 12.6. The van der Waals surface area contributed by atoms with Crippen molar-refractivity contribution in [2.75, 3.05) is 7.11 Å². The summed E-state index contributed by atoms with van der Waals surface area (Å²) in [4.78, 5) is 17.0. The molecule has 3 rings (SSSR count). The second-order valence-electron chi connectivity index (χ2n) is 4.59. The lowest BCUT2D eigenvalue weighted by Crippen LogP contribution is -2.06. The van der Waals surface area contributed by atoms with Crippen LogP contribution in [0.3, 0.4) is 0 Å². The molecule has 0 amide bonds. The molecule has 0 aliphatic rings. The van der Waals surface area contributed by atoms with Crippen LogP contribution in [-0.4, -0.2) is 12.1 Å². The molecule has 0 saturated carbocycles. The molecule has 0 fully saturated rings.